The number of carbonyl (C=O) groups excluding carboxylic acids is 2. The van der Waals surface area contributed by atoms with Gasteiger partial charge in [-0.3, -0.25) is 4.79 Å². The zero-order valence-electron chi connectivity index (χ0n) is 19.7. The molecule has 0 saturated carbocycles. The lowest BCUT2D eigenvalue weighted by Crippen LogP contribution is -2.37. The molecule has 0 spiro atoms. The Morgan fingerprint density at radius 2 is 1.56 bits per heavy atom. The third-order valence-corrected chi connectivity index (χ3v) is 7.86. The summed E-state index contributed by atoms with van der Waals surface area (Å²) < 4.78 is 32.6. The Hall–Kier alpha value is -2.23. The fourth-order valence-corrected chi connectivity index (χ4v) is 6.06. The summed E-state index contributed by atoms with van der Waals surface area (Å²) in [6.45, 7) is 12.4. The minimum absolute atomic E-state index is 0.147. The maximum Gasteiger partial charge on any atom is 0.341 e. The predicted molar refractivity (Wildman–Crippen MR) is 128 cm³/mol. The van der Waals surface area contributed by atoms with E-state index in [4.69, 9.17) is 4.74 Å². The van der Waals surface area contributed by atoms with Gasteiger partial charge in [-0.15, -0.1) is 11.3 Å². The topological polar surface area (TPSA) is 92.8 Å². The first kappa shape index (κ1) is 26.0. The number of thiophene rings is 1. The molecule has 2 rings (SSSR count). The van der Waals surface area contributed by atoms with Gasteiger partial charge in [0.15, 0.2) is 0 Å². The van der Waals surface area contributed by atoms with Crippen molar-refractivity contribution in [3.63, 3.8) is 0 Å². The number of methoxy groups -OCH3 is 1. The van der Waals surface area contributed by atoms with E-state index < -0.39 is 21.9 Å². The van der Waals surface area contributed by atoms with Crippen LogP contribution >= 0.6 is 11.3 Å². The molecule has 32 heavy (non-hydrogen) atoms. The van der Waals surface area contributed by atoms with Crippen molar-refractivity contribution in [2.45, 2.75) is 46.4 Å². The Balaban J connectivity index is 2.28. The second-order valence-electron chi connectivity index (χ2n) is 8.57. The molecule has 0 aliphatic heterocycles. The van der Waals surface area contributed by atoms with Gasteiger partial charge in [0.25, 0.3) is 5.91 Å². The number of carbonyl (C=O) groups is 2. The lowest BCUT2D eigenvalue weighted by molar-refractivity contribution is 0.0601. The molecule has 1 aromatic heterocycles. The van der Waals surface area contributed by atoms with E-state index in [-0.39, 0.29) is 16.7 Å². The van der Waals surface area contributed by atoms with Crippen molar-refractivity contribution in [3.8, 4) is 0 Å². The van der Waals surface area contributed by atoms with E-state index in [1.165, 1.54) is 47.0 Å². The van der Waals surface area contributed by atoms with Gasteiger partial charge in [0, 0.05) is 23.5 Å². The number of amides is 1. The third kappa shape index (κ3) is 5.96. The normalized spacial score (nSPS) is 11.9. The van der Waals surface area contributed by atoms with Crippen LogP contribution in [0.2, 0.25) is 0 Å². The van der Waals surface area contributed by atoms with Crippen molar-refractivity contribution in [1.82, 2.24) is 4.31 Å². The fourth-order valence-electron chi connectivity index (χ4n) is 3.25. The van der Waals surface area contributed by atoms with Crippen molar-refractivity contribution in [1.29, 1.82) is 0 Å². The summed E-state index contributed by atoms with van der Waals surface area (Å²) in [7, 11) is -2.38. The molecule has 1 N–H and O–H groups in total. The number of rotatable bonds is 9. The van der Waals surface area contributed by atoms with Crippen molar-refractivity contribution in [3.05, 3.63) is 45.8 Å². The van der Waals surface area contributed by atoms with E-state index in [1.54, 1.807) is 6.92 Å². The molecule has 1 amide bonds. The van der Waals surface area contributed by atoms with E-state index >= 15 is 0 Å². The molecule has 0 saturated heterocycles. The van der Waals surface area contributed by atoms with Crippen LogP contribution in [-0.2, 0) is 14.8 Å². The van der Waals surface area contributed by atoms with Crippen molar-refractivity contribution in [2.75, 3.05) is 25.5 Å². The minimum Gasteiger partial charge on any atom is -0.465 e. The van der Waals surface area contributed by atoms with E-state index in [0.717, 1.165) is 10.4 Å². The number of aryl methyl sites for hydroxylation is 1. The minimum atomic E-state index is -3.67. The summed E-state index contributed by atoms with van der Waals surface area (Å²) in [4.78, 5) is 25.9. The number of ether oxygens (including phenoxy) is 1. The number of esters is 1. The Bertz CT molecular complexity index is 1060. The standard InChI is InChI=1S/C23H32N2O5S2/c1-14(2)12-25(13-15(3)4)32(28,29)19-10-8-18(9-11-19)21(26)24-22-20(23(27)30-7)16(5)17(6)31-22/h8-11,14-15H,12-13H2,1-7H3,(H,24,26). The molecule has 0 aliphatic carbocycles. The van der Waals surface area contributed by atoms with Crippen molar-refractivity contribution >= 4 is 38.2 Å². The predicted octanol–water partition coefficient (Wildman–Crippen LogP) is 4.71. The van der Waals surface area contributed by atoms with Gasteiger partial charge in [0.2, 0.25) is 10.0 Å². The van der Waals surface area contributed by atoms with Crippen molar-refractivity contribution in [2.24, 2.45) is 11.8 Å². The second kappa shape index (κ2) is 10.6. The largest absolute Gasteiger partial charge is 0.465 e. The summed E-state index contributed by atoms with van der Waals surface area (Å²) in [6, 6.07) is 5.86. The molecule has 2 aromatic rings. The molecule has 0 radical (unpaired) electrons. The molecule has 0 aliphatic rings. The van der Waals surface area contributed by atoms with Gasteiger partial charge < -0.3 is 10.1 Å². The van der Waals surface area contributed by atoms with Crippen LogP contribution in [0.15, 0.2) is 29.2 Å². The Labute approximate surface area is 194 Å². The van der Waals surface area contributed by atoms with Gasteiger partial charge >= 0.3 is 5.97 Å². The molecule has 0 fully saturated rings. The Kier molecular flexibility index (Phi) is 8.61. The van der Waals surface area contributed by atoms with E-state index in [0.29, 0.717) is 29.2 Å². The number of benzene rings is 1. The average Bonchev–Trinajstić information content (AvgIpc) is 2.99. The molecule has 0 atom stereocenters. The van der Waals surface area contributed by atoms with Crippen LogP contribution in [-0.4, -0.2) is 44.8 Å². The molecule has 1 heterocycles. The number of hydrogen-bond donors (Lipinski definition) is 1. The molecule has 176 valence electrons. The Morgan fingerprint density at radius 3 is 2.03 bits per heavy atom. The van der Waals surface area contributed by atoms with Gasteiger partial charge in [0.05, 0.1) is 17.6 Å². The van der Waals surface area contributed by atoms with Crippen LogP contribution in [0, 0.1) is 25.7 Å². The fraction of sp³-hybridized carbons (Fsp3) is 0.478. The monoisotopic (exact) mass is 480 g/mol. The summed E-state index contributed by atoms with van der Waals surface area (Å²) in [5.41, 5.74) is 1.39. The summed E-state index contributed by atoms with van der Waals surface area (Å²) in [6.07, 6.45) is 0. The number of sulfonamides is 1. The highest BCUT2D eigenvalue weighted by molar-refractivity contribution is 7.89. The van der Waals surface area contributed by atoms with Crippen LogP contribution in [0.5, 0.6) is 0 Å². The number of nitrogens with one attached hydrogen (secondary N) is 1. The molecular formula is C23H32N2O5S2. The average molecular weight is 481 g/mol. The summed E-state index contributed by atoms with van der Waals surface area (Å²) >= 11 is 1.29. The smallest absolute Gasteiger partial charge is 0.341 e. The van der Waals surface area contributed by atoms with E-state index in [9.17, 15) is 18.0 Å². The zero-order chi connectivity index (χ0) is 24.2. The SMILES string of the molecule is COC(=O)c1c(NC(=O)c2ccc(S(=O)(=O)N(CC(C)C)CC(C)C)cc2)sc(C)c1C. The summed E-state index contributed by atoms with van der Waals surface area (Å²) in [5.74, 6) is -0.564. The maximum absolute atomic E-state index is 13.1. The van der Waals surface area contributed by atoms with Crippen LogP contribution in [0.1, 0.15) is 58.9 Å². The molecule has 7 nitrogen and oxygen atoms in total. The highest BCUT2D eigenvalue weighted by Gasteiger charge is 2.26. The number of anilines is 1. The number of hydrogen-bond acceptors (Lipinski definition) is 6. The molecule has 0 bridgehead atoms. The van der Waals surface area contributed by atoms with Gasteiger partial charge in [-0.25, -0.2) is 13.2 Å². The van der Waals surface area contributed by atoms with E-state index in [2.05, 4.69) is 5.32 Å². The van der Waals surface area contributed by atoms with Crippen LogP contribution in [0.3, 0.4) is 0 Å². The molecule has 9 heteroatoms. The Morgan fingerprint density at radius 1 is 1.03 bits per heavy atom. The van der Waals surface area contributed by atoms with Gasteiger partial charge in [-0.05, 0) is 55.5 Å². The molecular weight excluding hydrogens is 448 g/mol. The summed E-state index contributed by atoms with van der Waals surface area (Å²) in [5, 5.41) is 3.17. The molecule has 1 aromatic carbocycles. The highest BCUT2D eigenvalue weighted by atomic mass is 32.2. The van der Waals surface area contributed by atoms with Crippen LogP contribution in [0.4, 0.5) is 5.00 Å². The first-order valence-electron chi connectivity index (χ1n) is 10.5. The number of nitrogens with zero attached hydrogens (tertiary/aromatic N) is 1. The van der Waals surface area contributed by atoms with E-state index in [1.807, 2.05) is 34.6 Å². The first-order valence-corrected chi connectivity index (χ1v) is 12.7. The first-order chi connectivity index (χ1) is 14.9. The zero-order valence-corrected chi connectivity index (χ0v) is 21.3. The quantitative estimate of drug-likeness (QED) is 0.525. The van der Waals surface area contributed by atoms with Gasteiger partial charge in [0.1, 0.15) is 5.00 Å². The van der Waals surface area contributed by atoms with Crippen LogP contribution in [0.25, 0.3) is 0 Å². The van der Waals surface area contributed by atoms with Gasteiger partial charge in [-0.1, -0.05) is 27.7 Å². The third-order valence-electron chi connectivity index (χ3n) is 4.89. The lowest BCUT2D eigenvalue weighted by atomic mass is 10.1. The highest BCUT2D eigenvalue weighted by Crippen LogP contribution is 2.33. The van der Waals surface area contributed by atoms with Gasteiger partial charge in [-0.2, -0.15) is 4.31 Å². The maximum atomic E-state index is 13.1. The van der Waals surface area contributed by atoms with Crippen molar-refractivity contribution < 1.29 is 22.7 Å². The van der Waals surface area contributed by atoms with Crippen LogP contribution < -0.4 is 5.32 Å². The molecule has 0 unspecified atom stereocenters. The second-order valence-corrected chi connectivity index (χ2v) is 11.7. The lowest BCUT2D eigenvalue weighted by Gasteiger charge is -2.25.